The molecule has 2 N–H and O–H groups in total. The first-order chi connectivity index (χ1) is 14.5. The molecule has 0 atom stereocenters. The Morgan fingerprint density at radius 1 is 1.10 bits per heavy atom. The standard InChI is InChI=1S/C21H17BrN4O2S2/c22-17-7-9-18(10-8-17)30-20-11-6-16(12-19(20)26(27)28)13-24-25-21(23)29-14-15-4-2-1-3-5-15/h1-13H,14H2,(H2,23,25). The van der Waals surface area contributed by atoms with E-state index in [0.29, 0.717) is 21.4 Å². The van der Waals surface area contributed by atoms with Crippen molar-refractivity contribution in [3.63, 3.8) is 0 Å². The van der Waals surface area contributed by atoms with E-state index in [-0.39, 0.29) is 5.69 Å². The van der Waals surface area contributed by atoms with E-state index in [0.717, 1.165) is 14.9 Å². The van der Waals surface area contributed by atoms with Gasteiger partial charge in [-0.2, -0.15) is 5.10 Å². The zero-order valence-electron chi connectivity index (χ0n) is 15.6. The van der Waals surface area contributed by atoms with Gasteiger partial charge in [0, 0.05) is 26.8 Å². The van der Waals surface area contributed by atoms with E-state index in [1.165, 1.54) is 35.8 Å². The van der Waals surface area contributed by atoms with Crippen LogP contribution in [0.2, 0.25) is 0 Å². The van der Waals surface area contributed by atoms with E-state index in [1.807, 2.05) is 54.6 Å². The summed E-state index contributed by atoms with van der Waals surface area (Å²) >= 11 is 6.09. The SMILES string of the molecule is NC(=NN=Cc1ccc(Sc2ccc(Br)cc2)c([N+](=O)[O-])c1)SCc1ccccc1. The molecule has 0 fully saturated rings. The predicted molar refractivity (Wildman–Crippen MR) is 128 cm³/mol. The highest BCUT2D eigenvalue weighted by atomic mass is 79.9. The molecule has 0 saturated heterocycles. The summed E-state index contributed by atoms with van der Waals surface area (Å²) < 4.78 is 0.953. The van der Waals surface area contributed by atoms with Crippen molar-refractivity contribution in [2.24, 2.45) is 15.9 Å². The quantitative estimate of drug-likeness (QED) is 0.183. The number of benzene rings is 3. The molecule has 0 spiro atoms. The van der Waals surface area contributed by atoms with Crippen molar-refractivity contribution in [3.8, 4) is 0 Å². The number of nitro groups is 1. The molecule has 3 aromatic carbocycles. The number of nitrogens with zero attached hydrogens (tertiary/aromatic N) is 3. The second kappa shape index (κ2) is 11.0. The summed E-state index contributed by atoms with van der Waals surface area (Å²) in [4.78, 5) is 12.6. The van der Waals surface area contributed by atoms with Crippen molar-refractivity contribution in [1.29, 1.82) is 0 Å². The first kappa shape index (κ1) is 22.1. The van der Waals surface area contributed by atoms with Crippen LogP contribution < -0.4 is 5.73 Å². The Morgan fingerprint density at radius 2 is 1.83 bits per heavy atom. The van der Waals surface area contributed by atoms with Crippen molar-refractivity contribution >= 4 is 56.5 Å². The molecule has 152 valence electrons. The van der Waals surface area contributed by atoms with E-state index >= 15 is 0 Å². The third-order valence-electron chi connectivity index (χ3n) is 3.81. The van der Waals surface area contributed by atoms with Crippen LogP contribution in [-0.4, -0.2) is 16.3 Å². The molecule has 0 bridgehead atoms. The van der Waals surface area contributed by atoms with Gasteiger partial charge in [0.25, 0.3) is 5.69 Å². The Morgan fingerprint density at radius 3 is 2.53 bits per heavy atom. The Bertz CT molecular complexity index is 1070. The van der Waals surface area contributed by atoms with Crippen LogP contribution in [0, 0.1) is 10.1 Å². The minimum absolute atomic E-state index is 0.0160. The largest absolute Gasteiger partial charge is 0.377 e. The van der Waals surface area contributed by atoms with Crippen molar-refractivity contribution < 1.29 is 4.92 Å². The molecule has 3 aromatic rings. The van der Waals surface area contributed by atoms with E-state index < -0.39 is 4.92 Å². The van der Waals surface area contributed by atoms with Gasteiger partial charge in [0.1, 0.15) is 0 Å². The minimum atomic E-state index is -0.397. The number of thioether (sulfide) groups is 1. The van der Waals surface area contributed by atoms with Gasteiger partial charge in [-0.25, -0.2) is 0 Å². The average molecular weight is 501 g/mol. The molecule has 0 radical (unpaired) electrons. The maximum atomic E-state index is 11.5. The summed E-state index contributed by atoms with van der Waals surface area (Å²) in [6, 6.07) is 22.5. The fourth-order valence-corrected chi connectivity index (χ4v) is 4.16. The van der Waals surface area contributed by atoms with Gasteiger partial charge < -0.3 is 5.73 Å². The normalized spacial score (nSPS) is 11.7. The van der Waals surface area contributed by atoms with Gasteiger partial charge in [0.05, 0.1) is 16.0 Å². The lowest BCUT2D eigenvalue weighted by Gasteiger charge is -2.04. The Kier molecular flexibility index (Phi) is 8.06. The van der Waals surface area contributed by atoms with Gasteiger partial charge in [-0.3, -0.25) is 10.1 Å². The van der Waals surface area contributed by atoms with E-state index in [1.54, 1.807) is 12.1 Å². The van der Waals surface area contributed by atoms with Crippen molar-refractivity contribution in [2.45, 2.75) is 15.5 Å². The molecule has 30 heavy (non-hydrogen) atoms. The summed E-state index contributed by atoms with van der Waals surface area (Å²) in [5.74, 6) is 0.694. The zero-order valence-corrected chi connectivity index (χ0v) is 18.9. The number of hydrogen-bond donors (Lipinski definition) is 1. The highest BCUT2D eigenvalue weighted by Gasteiger charge is 2.15. The minimum Gasteiger partial charge on any atom is -0.377 e. The molecule has 0 unspecified atom stereocenters. The fraction of sp³-hybridized carbons (Fsp3) is 0.0476. The summed E-state index contributed by atoms with van der Waals surface area (Å²) in [7, 11) is 0. The Balaban J connectivity index is 1.67. The zero-order chi connectivity index (χ0) is 21.3. The maximum absolute atomic E-state index is 11.5. The smallest absolute Gasteiger partial charge is 0.283 e. The lowest BCUT2D eigenvalue weighted by atomic mass is 10.2. The molecule has 0 aliphatic heterocycles. The Labute approximate surface area is 191 Å². The molecule has 3 rings (SSSR count). The lowest BCUT2D eigenvalue weighted by Crippen LogP contribution is -2.06. The molecule has 0 amide bonds. The van der Waals surface area contributed by atoms with Crippen LogP contribution in [0.3, 0.4) is 0 Å². The van der Waals surface area contributed by atoms with Crippen LogP contribution >= 0.6 is 39.5 Å². The van der Waals surface area contributed by atoms with Crippen molar-refractivity contribution in [3.05, 3.63) is 98.5 Å². The fourth-order valence-electron chi connectivity index (χ4n) is 2.39. The van der Waals surface area contributed by atoms with Gasteiger partial charge in [-0.05, 0) is 35.9 Å². The van der Waals surface area contributed by atoms with Crippen molar-refractivity contribution in [2.75, 3.05) is 0 Å². The van der Waals surface area contributed by atoms with Gasteiger partial charge >= 0.3 is 0 Å². The van der Waals surface area contributed by atoms with E-state index in [2.05, 4.69) is 26.1 Å². The van der Waals surface area contributed by atoms with Crippen LogP contribution in [0.4, 0.5) is 5.69 Å². The summed E-state index contributed by atoms with van der Waals surface area (Å²) in [6.07, 6.45) is 1.46. The number of nitro benzene ring substituents is 1. The highest BCUT2D eigenvalue weighted by molar-refractivity contribution is 9.10. The molecule has 6 nitrogen and oxygen atoms in total. The highest BCUT2D eigenvalue weighted by Crippen LogP contribution is 2.35. The van der Waals surface area contributed by atoms with Crippen LogP contribution in [-0.2, 0) is 5.75 Å². The van der Waals surface area contributed by atoms with Crippen LogP contribution in [0.15, 0.2) is 97.3 Å². The first-order valence-corrected chi connectivity index (χ1v) is 11.4. The average Bonchev–Trinajstić information content (AvgIpc) is 2.75. The molecular weight excluding hydrogens is 484 g/mol. The van der Waals surface area contributed by atoms with Gasteiger partial charge in [-0.1, -0.05) is 75.9 Å². The monoisotopic (exact) mass is 500 g/mol. The van der Waals surface area contributed by atoms with Gasteiger partial charge in [0.2, 0.25) is 0 Å². The maximum Gasteiger partial charge on any atom is 0.283 e. The summed E-state index contributed by atoms with van der Waals surface area (Å²) in [6.45, 7) is 0. The number of amidine groups is 1. The number of hydrogen-bond acceptors (Lipinski definition) is 6. The lowest BCUT2D eigenvalue weighted by molar-refractivity contribution is -0.387. The third kappa shape index (κ3) is 6.72. The Hall–Kier alpha value is -2.62. The van der Waals surface area contributed by atoms with E-state index in [4.69, 9.17) is 5.73 Å². The molecular formula is C21H17BrN4O2S2. The first-order valence-electron chi connectivity index (χ1n) is 8.76. The molecule has 0 aromatic heterocycles. The van der Waals surface area contributed by atoms with Crippen LogP contribution in [0.25, 0.3) is 0 Å². The topological polar surface area (TPSA) is 93.9 Å². The second-order valence-corrected chi connectivity index (χ2v) is 9.02. The third-order valence-corrected chi connectivity index (χ3v) is 6.27. The predicted octanol–water partition coefficient (Wildman–Crippen LogP) is 6.09. The molecule has 0 aliphatic rings. The molecule has 0 saturated carbocycles. The van der Waals surface area contributed by atoms with Crippen molar-refractivity contribution in [1.82, 2.24) is 0 Å². The van der Waals surface area contributed by atoms with Crippen LogP contribution in [0.5, 0.6) is 0 Å². The van der Waals surface area contributed by atoms with Gasteiger partial charge in [0.15, 0.2) is 5.17 Å². The molecule has 0 heterocycles. The number of nitrogens with two attached hydrogens (primary N) is 1. The summed E-state index contributed by atoms with van der Waals surface area (Å²) in [5, 5.41) is 19.8. The number of halogens is 1. The molecule has 9 heteroatoms. The van der Waals surface area contributed by atoms with Gasteiger partial charge in [-0.15, -0.1) is 5.10 Å². The summed E-state index contributed by atoms with van der Waals surface area (Å²) in [5.41, 5.74) is 7.60. The van der Waals surface area contributed by atoms with E-state index in [9.17, 15) is 10.1 Å². The van der Waals surface area contributed by atoms with Crippen LogP contribution in [0.1, 0.15) is 11.1 Å². The molecule has 0 aliphatic carbocycles. The second-order valence-electron chi connectivity index (χ2n) is 6.00. The number of rotatable bonds is 7.